The third-order valence-corrected chi connectivity index (χ3v) is 3.15. The second-order valence-electron chi connectivity index (χ2n) is 4.57. The number of carbonyl (C=O) groups is 1. The van der Waals surface area contributed by atoms with Gasteiger partial charge in [0.15, 0.2) is 0 Å². The molecule has 22 heavy (non-hydrogen) atoms. The molecule has 7 heteroatoms. The zero-order valence-electron chi connectivity index (χ0n) is 12.1. The van der Waals surface area contributed by atoms with E-state index in [2.05, 4.69) is 15.6 Å². The number of nitrogens with zero attached hydrogens (tertiary/aromatic N) is 1. The van der Waals surface area contributed by atoms with Gasteiger partial charge in [-0.15, -0.1) is 0 Å². The van der Waals surface area contributed by atoms with Gasteiger partial charge in [-0.1, -0.05) is 11.6 Å². The van der Waals surface area contributed by atoms with Crippen LogP contribution in [0.5, 0.6) is 5.88 Å². The molecule has 1 unspecified atom stereocenters. The molecule has 0 radical (unpaired) electrons. The first-order valence-electron chi connectivity index (χ1n) is 6.52. The molecule has 1 amide bonds. The van der Waals surface area contributed by atoms with E-state index in [0.717, 1.165) is 6.07 Å². The maximum atomic E-state index is 13.6. The van der Waals surface area contributed by atoms with Crippen molar-refractivity contribution >= 4 is 28.9 Å². The van der Waals surface area contributed by atoms with Crippen molar-refractivity contribution < 1.29 is 13.9 Å². The first-order chi connectivity index (χ1) is 10.5. The fourth-order valence-electron chi connectivity index (χ4n) is 1.73. The fraction of sp³-hybridized carbons (Fsp3) is 0.200. The first-order valence-corrected chi connectivity index (χ1v) is 6.90. The molecular formula is C15H15ClFN3O2. The van der Waals surface area contributed by atoms with Crippen LogP contribution in [0.4, 0.5) is 15.8 Å². The third kappa shape index (κ3) is 4.08. The summed E-state index contributed by atoms with van der Waals surface area (Å²) in [5, 5.41) is 5.73. The lowest BCUT2D eigenvalue weighted by molar-refractivity contribution is -0.116. The van der Waals surface area contributed by atoms with E-state index >= 15 is 0 Å². The topological polar surface area (TPSA) is 63.2 Å². The van der Waals surface area contributed by atoms with Crippen LogP contribution >= 0.6 is 11.6 Å². The quantitative estimate of drug-likeness (QED) is 0.886. The lowest BCUT2D eigenvalue weighted by Crippen LogP contribution is -2.32. The Balaban J connectivity index is 1.99. The number of nitrogens with one attached hydrogen (secondary N) is 2. The van der Waals surface area contributed by atoms with Gasteiger partial charge in [0, 0.05) is 11.1 Å². The van der Waals surface area contributed by atoms with Crippen LogP contribution in [0, 0.1) is 5.82 Å². The molecule has 0 aliphatic rings. The van der Waals surface area contributed by atoms with Crippen LogP contribution in [0.15, 0.2) is 36.5 Å². The first kappa shape index (κ1) is 16.0. The Kier molecular flexibility index (Phi) is 5.16. The molecule has 2 aromatic rings. The van der Waals surface area contributed by atoms with Crippen LogP contribution in [0.3, 0.4) is 0 Å². The van der Waals surface area contributed by atoms with Gasteiger partial charge in [0.2, 0.25) is 11.8 Å². The van der Waals surface area contributed by atoms with Crippen molar-refractivity contribution in [3.8, 4) is 5.88 Å². The number of aromatic nitrogens is 1. The summed E-state index contributed by atoms with van der Waals surface area (Å²) in [4.78, 5) is 16.1. The van der Waals surface area contributed by atoms with E-state index in [1.807, 2.05) is 0 Å². The number of carbonyl (C=O) groups excluding carboxylic acids is 1. The normalized spacial score (nSPS) is 11.6. The van der Waals surface area contributed by atoms with Crippen LogP contribution in [0.1, 0.15) is 6.92 Å². The van der Waals surface area contributed by atoms with Crippen LogP contribution < -0.4 is 15.4 Å². The molecule has 0 spiro atoms. The summed E-state index contributed by atoms with van der Waals surface area (Å²) < 4.78 is 18.6. The molecule has 0 saturated carbocycles. The van der Waals surface area contributed by atoms with E-state index in [1.165, 1.54) is 19.2 Å². The fourth-order valence-corrected chi connectivity index (χ4v) is 1.89. The summed E-state index contributed by atoms with van der Waals surface area (Å²) in [5.41, 5.74) is 0.732. The van der Waals surface area contributed by atoms with E-state index in [1.54, 1.807) is 25.3 Å². The van der Waals surface area contributed by atoms with Crippen molar-refractivity contribution in [2.75, 3.05) is 17.7 Å². The van der Waals surface area contributed by atoms with Gasteiger partial charge in [0.1, 0.15) is 11.9 Å². The Labute approximate surface area is 132 Å². The highest BCUT2D eigenvalue weighted by atomic mass is 35.5. The standard InChI is InChI=1S/C15H15ClFN3O2/c1-9(19-11-4-6-14(22-2)18-8-11)15(21)20-13-5-3-10(16)7-12(13)17/h3-9,19H,1-2H3,(H,20,21). The molecule has 0 saturated heterocycles. The highest BCUT2D eigenvalue weighted by Crippen LogP contribution is 2.19. The predicted octanol–water partition coefficient (Wildman–Crippen LogP) is 3.32. The van der Waals surface area contributed by atoms with Crippen LogP contribution in [0.25, 0.3) is 0 Å². The summed E-state index contributed by atoms with van der Waals surface area (Å²) in [5.74, 6) is -0.484. The zero-order chi connectivity index (χ0) is 16.1. The van der Waals surface area contributed by atoms with Crippen LogP contribution in [0.2, 0.25) is 5.02 Å². The van der Waals surface area contributed by atoms with Crippen molar-refractivity contribution in [1.82, 2.24) is 4.98 Å². The Morgan fingerprint density at radius 1 is 1.36 bits per heavy atom. The van der Waals surface area contributed by atoms with Crippen molar-refractivity contribution in [3.05, 3.63) is 47.4 Å². The third-order valence-electron chi connectivity index (χ3n) is 2.91. The number of rotatable bonds is 5. The Morgan fingerprint density at radius 3 is 2.73 bits per heavy atom. The van der Waals surface area contributed by atoms with Gasteiger partial charge in [-0.3, -0.25) is 4.79 Å². The summed E-state index contributed by atoms with van der Waals surface area (Å²) in [6.07, 6.45) is 1.55. The molecule has 116 valence electrons. The molecule has 0 aliphatic carbocycles. The van der Waals surface area contributed by atoms with E-state index < -0.39 is 11.9 Å². The maximum Gasteiger partial charge on any atom is 0.246 e. The van der Waals surface area contributed by atoms with Crippen LogP contribution in [-0.2, 0) is 4.79 Å². The average molecular weight is 324 g/mol. The largest absolute Gasteiger partial charge is 0.481 e. The maximum absolute atomic E-state index is 13.6. The SMILES string of the molecule is COc1ccc(NC(C)C(=O)Nc2ccc(Cl)cc2F)cn1. The van der Waals surface area contributed by atoms with Crippen LogP contribution in [-0.4, -0.2) is 24.0 Å². The summed E-state index contributed by atoms with van der Waals surface area (Å²) in [6, 6.07) is 6.89. The van der Waals surface area contributed by atoms with E-state index in [9.17, 15) is 9.18 Å². The molecule has 2 N–H and O–H groups in total. The number of amides is 1. The molecule has 0 bridgehead atoms. The molecule has 0 aliphatic heterocycles. The molecule has 5 nitrogen and oxygen atoms in total. The number of methoxy groups -OCH3 is 1. The number of hydrogen-bond acceptors (Lipinski definition) is 4. The lowest BCUT2D eigenvalue weighted by Gasteiger charge is -2.15. The van der Waals surface area contributed by atoms with Crippen molar-refractivity contribution in [1.29, 1.82) is 0 Å². The Bertz CT molecular complexity index is 664. The number of anilines is 2. The van der Waals surface area contributed by atoms with Crippen molar-refractivity contribution in [2.45, 2.75) is 13.0 Å². The molecule has 1 heterocycles. The molecule has 1 aromatic heterocycles. The minimum absolute atomic E-state index is 0.0795. The summed E-state index contributed by atoms with van der Waals surface area (Å²) in [7, 11) is 1.52. The summed E-state index contributed by atoms with van der Waals surface area (Å²) >= 11 is 5.67. The van der Waals surface area contributed by atoms with E-state index in [4.69, 9.17) is 16.3 Å². The van der Waals surface area contributed by atoms with Gasteiger partial charge in [0.25, 0.3) is 0 Å². The number of benzene rings is 1. The van der Waals surface area contributed by atoms with E-state index in [-0.39, 0.29) is 16.6 Å². The summed E-state index contributed by atoms with van der Waals surface area (Å²) in [6.45, 7) is 1.66. The predicted molar refractivity (Wildman–Crippen MR) is 83.9 cm³/mol. The minimum atomic E-state index is -0.584. The zero-order valence-corrected chi connectivity index (χ0v) is 12.8. The molecule has 1 aromatic carbocycles. The molecule has 1 atom stereocenters. The molecular weight excluding hydrogens is 309 g/mol. The second kappa shape index (κ2) is 7.09. The molecule has 0 fully saturated rings. The van der Waals surface area contributed by atoms with Crippen molar-refractivity contribution in [2.24, 2.45) is 0 Å². The van der Waals surface area contributed by atoms with E-state index in [0.29, 0.717) is 11.6 Å². The van der Waals surface area contributed by atoms with Gasteiger partial charge in [-0.05, 0) is 31.2 Å². The second-order valence-corrected chi connectivity index (χ2v) is 5.01. The number of pyridine rings is 1. The lowest BCUT2D eigenvalue weighted by atomic mass is 10.2. The van der Waals surface area contributed by atoms with Gasteiger partial charge in [0.05, 0.1) is 24.7 Å². The minimum Gasteiger partial charge on any atom is -0.481 e. The Hall–Kier alpha value is -2.34. The highest BCUT2D eigenvalue weighted by Gasteiger charge is 2.15. The number of hydrogen-bond donors (Lipinski definition) is 2. The molecule has 2 rings (SSSR count). The smallest absolute Gasteiger partial charge is 0.246 e. The van der Waals surface area contributed by atoms with Gasteiger partial charge in [-0.25, -0.2) is 9.37 Å². The number of ether oxygens (including phenoxy) is 1. The van der Waals surface area contributed by atoms with Gasteiger partial charge < -0.3 is 15.4 Å². The van der Waals surface area contributed by atoms with Gasteiger partial charge >= 0.3 is 0 Å². The average Bonchev–Trinajstić information content (AvgIpc) is 2.50. The monoisotopic (exact) mass is 323 g/mol. The van der Waals surface area contributed by atoms with Gasteiger partial charge in [-0.2, -0.15) is 0 Å². The van der Waals surface area contributed by atoms with Crippen molar-refractivity contribution in [3.63, 3.8) is 0 Å². The highest BCUT2D eigenvalue weighted by molar-refractivity contribution is 6.30. The Morgan fingerprint density at radius 2 is 2.14 bits per heavy atom. The number of halogens is 2.